The predicted molar refractivity (Wildman–Crippen MR) is 101 cm³/mol. The number of benzene rings is 2. The number of rotatable bonds is 4. The van der Waals surface area contributed by atoms with Crippen molar-refractivity contribution < 1.29 is 0 Å². The van der Waals surface area contributed by atoms with Crippen LogP contribution in [0.5, 0.6) is 0 Å². The van der Waals surface area contributed by atoms with Gasteiger partial charge in [0.25, 0.3) is 0 Å². The molecule has 0 spiro atoms. The maximum Gasteiger partial charge on any atom is 0.161 e. The summed E-state index contributed by atoms with van der Waals surface area (Å²) in [6, 6.07) is 15.0. The van der Waals surface area contributed by atoms with Crippen LogP contribution in [0.1, 0.15) is 0 Å². The third-order valence-corrected chi connectivity index (χ3v) is 3.89. The van der Waals surface area contributed by atoms with Crippen LogP contribution in [0.2, 0.25) is 10.0 Å². The van der Waals surface area contributed by atoms with Gasteiger partial charge < -0.3 is 16.0 Å². The summed E-state index contributed by atoms with van der Waals surface area (Å²) in [5.41, 5.74) is 8.35. The van der Waals surface area contributed by atoms with E-state index in [9.17, 15) is 0 Å². The first kappa shape index (κ1) is 16.4. The summed E-state index contributed by atoms with van der Waals surface area (Å²) in [5.74, 6) is 1.09. The Morgan fingerprint density at radius 2 is 1.67 bits per heavy atom. The van der Waals surface area contributed by atoms with Gasteiger partial charge in [-0.15, -0.1) is 0 Å². The van der Waals surface area contributed by atoms with E-state index in [2.05, 4.69) is 15.3 Å². The molecule has 3 N–H and O–H groups in total. The first-order valence-corrected chi connectivity index (χ1v) is 7.92. The third kappa shape index (κ3) is 3.53. The van der Waals surface area contributed by atoms with Gasteiger partial charge in [0.05, 0.1) is 0 Å². The summed E-state index contributed by atoms with van der Waals surface area (Å²) in [6.45, 7) is 0. The van der Waals surface area contributed by atoms with E-state index >= 15 is 0 Å². The van der Waals surface area contributed by atoms with E-state index in [1.807, 2.05) is 42.3 Å². The summed E-state index contributed by atoms with van der Waals surface area (Å²) in [7, 11) is 1.90. The molecule has 0 saturated heterocycles. The summed E-state index contributed by atoms with van der Waals surface area (Å²) in [4.78, 5) is 10.4. The Morgan fingerprint density at radius 1 is 1.00 bits per heavy atom. The summed E-state index contributed by atoms with van der Waals surface area (Å²) in [6.07, 6.45) is 1.46. The largest absolute Gasteiger partial charge is 0.393 e. The maximum absolute atomic E-state index is 6.25. The highest BCUT2D eigenvalue weighted by molar-refractivity contribution is 6.35. The van der Waals surface area contributed by atoms with Crippen LogP contribution < -0.4 is 16.0 Å². The van der Waals surface area contributed by atoms with Crippen LogP contribution in [0, 0.1) is 0 Å². The lowest BCUT2D eigenvalue weighted by Crippen LogP contribution is -2.15. The van der Waals surface area contributed by atoms with E-state index in [-0.39, 0.29) is 0 Å². The molecule has 0 aliphatic carbocycles. The van der Waals surface area contributed by atoms with E-state index in [1.54, 1.807) is 18.2 Å². The van der Waals surface area contributed by atoms with Gasteiger partial charge in [-0.1, -0.05) is 41.4 Å². The first-order valence-electron chi connectivity index (χ1n) is 7.17. The topological polar surface area (TPSA) is 67.1 Å². The van der Waals surface area contributed by atoms with Crippen molar-refractivity contribution >= 4 is 51.9 Å². The first-order chi connectivity index (χ1) is 11.5. The monoisotopic (exact) mass is 359 g/mol. The molecule has 1 aromatic heterocycles. The molecule has 0 amide bonds. The minimum atomic E-state index is 0.431. The van der Waals surface area contributed by atoms with Crippen LogP contribution in [-0.2, 0) is 0 Å². The summed E-state index contributed by atoms with van der Waals surface area (Å²) in [5, 5.41) is 4.18. The number of nitrogens with two attached hydrogens (primary N) is 1. The zero-order chi connectivity index (χ0) is 17.1. The molecule has 1 heterocycles. The molecule has 5 nitrogen and oxygen atoms in total. The Bertz CT molecular complexity index is 835. The number of hydrogen-bond donors (Lipinski definition) is 2. The molecule has 0 unspecified atom stereocenters. The van der Waals surface area contributed by atoms with Crippen molar-refractivity contribution in [1.82, 2.24) is 9.97 Å². The molecule has 24 heavy (non-hydrogen) atoms. The van der Waals surface area contributed by atoms with E-state index < -0.39 is 0 Å². The van der Waals surface area contributed by atoms with Gasteiger partial charge >= 0.3 is 0 Å². The molecule has 0 aliphatic rings. The van der Waals surface area contributed by atoms with Crippen LogP contribution in [0.3, 0.4) is 0 Å². The zero-order valence-corrected chi connectivity index (χ0v) is 14.4. The summed E-state index contributed by atoms with van der Waals surface area (Å²) < 4.78 is 0. The second-order valence-electron chi connectivity index (χ2n) is 5.14. The van der Waals surface area contributed by atoms with Gasteiger partial charge in [0.15, 0.2) is 11.6 Å². The number of nitrogens with one attached hydrogen (secondary N) is 1. The third-order valence-electron chi connectivity index (χ3n) is 3.45. The van der Waals surface area contributed by atoms with E-state index in [1.165, 1.54) is 6.33 Å². The number of nitrogens with zero attached hydrogens (tertiary/aromatic N) is 3. The zero-order valence-electron chi connectivity index (χ0n) is 12.9. The van der Waals surface area contributed by atoms with E-state index in [4.69, 9.17) is 28.9 Å². The molecule has 0 radical (unpaired) electrons. The molecule has 0 aliphatic heterocycles. The highest BCUT2D eigenvalue weighted by Crippen LogP contribution is 2.32. The fraction of sp³-hybridized carbons (Fsp3) is 0.0588. The second-order valence-corrected chi connectivity index (χ2v) is 6.01. The minimum absolute atomic E-state index is 0.431. The van der Waals surface area contributed by atoms with Gasteiger partial charge in [0.1, 0.15) is 12.0 Å². The molecule has 0 fully saturated rings. The highest BCUT2D eigenvalue weighted by Gasteiger charge is 2.14. The molecule has 0 bridgehead atoms. The lowest BCUT2D eigenvalue weighted by atomic mass is 10.3. The van der Waals surface area contributed by atoms with Crippen molar-refractivity contribution in [2.45, 2.75) is 0 Å². The average Bonchev–Trinajstić information content (AvgIpc) is 2.56. The number of halogens is 2. The molecule has 2 aromatic carbocycles. The smallest absolute Gasteiger partial charge is 0.161 e. The molecule has 122 valence electrons. The molecule has 3 rings (SSSR count). The van der Waals surface area contributed by atoms with E-state index in [0.29, 0.717) is 33.1 Å². The lowest BCUT2D eigenvalue weighted by molar-refractivity contribution is 1.09. The van der Waals surface area contributed by atoms with Crippen molar-refractivity contribution in [3.63, 3.8) is 0 Å². The maximum atomic E-state index is 6.25. The predicted octanol–water partition coefficient (Wildman–Crippen LogP) is 4.88. The Labute approximate surface area is 150 Å². The number of para-hydroxylation sites is 1. The Morgan fingerprint density at radius 3 is 2.33 bits per heavy atom. The van der Waals surface area contributed by atoms with Crippen LogP contribution in [0.4, 0.5) is 28.7 Å². The standard InChI is InChI=1S/C17H15Cl2N5/c1-24(14-5-3-2-4-6-14)17-15(20)16(21-10-22-17)23-13-8-11(18)7-12(19)9-13/h2-10H,20H2,1H3,(H,21,22,23). The Kier molecular flexibility index (Phi) is 4.74. The Balaban J connectivity index is 1.93. The number of aromatic nitrogens is 2. The minimum Gasteiger partial charge on any atom is -0.393 e. The highest BCUT2D eigenvalue weighted by atomic mass is 35.5. The van der Waals surface area contributed by atoms with Gasteiger partial charge in [-0.3, -0.25) is 0 Å². The van der Waals surface area contributed by atoms with Gasteiger partial charge in [0, 0.05) is 28.5 Å². The summed E-state index contributed by atoms with van der Waals surface area (Å²) >= 11 is 12.0. The molecule has 3 aromatic rings. The van der Waals surface area contributed by atoms with Crippen molar-refractivity contribution in [2.75, 3.05) is 23.0 Å². The number of hydrogen-bond acceptors (Lipinski definition) is 5. The quantitative estimate of drug-likeness (QED) is 0.694. The average molecular weight is 360 g/mol. The van der Waals surface area contributed by atoms with Gasteiger partial charge in [0.2, 0.25) is 0 Å². The fourth-order valence-corrected chi connectivity index (χ4v) is 2.82. The molecule has 0 atom stereocenters. The van der Waals surface area contributed by atoms with Gasteiger partial charge in [-0.25, -0.2) is 9.97 Å². The normalized spacial score (nSPS) is 10.5. The Hall–Kier alpha value is -2.50. The SMILES string of the molecule is CN(c1ccccc1)c1ncnc(Nc2cc(Cl)cc(Cl)c2)c1N. The van der Waals surface area contributed by atoms with Crippen LogP contribution in [-0.4, -0.2) is 17.0 Å². The van der Waals surface area contributed by atoms with Crippen molar-refractivity contribution in [3.8, 4) is 0 Å². The molecule has 0 saturated carbocycles. The molecule has 7 heteroatoms. The molecular weight excluding hydrogens is 345 g/mol. The second kappa shape index (κ2) is 6.95. The molecular formula is C17H15Cl2N5. The van der Waals surface area contributed by atoms with Crippen molar-refractivity contribution in [2.24, 2.45) is 0 Å². The van der Waals surface area contributed by atoms with Gasteiger partial charge in [-0.2, -0.15) is 0 Å². The fourth-order valence-electron chi connectivity index (χ4n) is 2.29. The number of nitrogen functional groups attached to an aromatic ring is 1. The van der Waals surface area contributed by atoms with Crippen LogP contribution >= 0.6 is 23.2 Å². The van der Waals surface area contributed by atoms with Crippen LogP contribution in [0.25, 0.3) is 0 Å². The lowest BCUT2D eigenvalue weighted by Gasteiger charge is -2.21. The van der Waals surface area contributed by atoms with E-state index in [0.717, 1.165) is 5.69 Å². The van der Waals surface area contributed by atoms with Crippen molar-refractivity contribution in [1.29, 1.82) is 0 Å². The van der Waals surface area contributed by atoms with Crippen LogP contribution in [0.15, 0.2) is 54.9 Å². The van der Waals surface area contributed by atoms with Crippen molar-refractivity contribution in [3.05, 3.63) is 64.9 Å². The van der Waals surface area contributed by atoms with Gasteiger partial charge in [-0.05, 0) is 30.3 Å². The number of anilines is 5.